The van der Waals surface area contributed by atoms with Crippen LogP contribution in [0.5, 0.6) is 0 Å². The van der Waals surface area contributed by atoms with E-state index >= 15 is 0 Å². The first-order chi connectivity index (χ1) is 14.3. The zero-order valence-corrected chi connectivity index (χ0v) is 16.8. The molecule has 30 heavy (non-hydrogen) atoms. The van der Waals surface area contributed by atoms with Crippen molar-refractivity contribution in [2.24, 2.45) is 0 Å². The third-order valence-corrected chi connectivity index (χ3v) is 4.80. The van der Waals surface area contributed by atoms with E-state index in [4.69, 9.17) is 4.42 Å². The Balaban J connectivity index is 1.84. The molecule has 6 heteroatoms. The van der Waals surface area contributed by atoms with Crippen molar-refractivity contribution in [2.75, 3.05) is 5.32 Å². The van der Waals surface area contributed by atoms with E-state index in [2.05, 4.69) is 5.32 Å². The quantitative estimate of drug-likeness (QED) is 0.457. The van der Waals surface area contributed by atoms with Crippen LogP contribution in [0.15, 0.2) is 58.5 Å². The predicted octanol–water partition coefficient (Wildman–Crippen LogP) is 5.12. The Kier molecular flexibility index (Phi) is 5.84. The summed E-state index contributed by atoms with van der Waals surface area (Å²) in [6.07, 6.45) is 1.35. The summed E-state index contributed by atoms with van der Waals surface area (Å²) >= 11 is 0. The molecule has 0 aliphatic heterocycles. The number of aryl methyl sites for hydroxylation is 3. The molecule has 6 nitrogen and oxygen atoms in total. The molecule has 1 amide bonds. The Morgan fingerprint density at radius 2 is 1.73 bits per heavy atom. The number of nitriles is 1. The number of aromatic carboxylic acids is 1. The molecule has 0 unspecified atom stereocenters. The van der Waals surface area contributed by atoms with Crippen molar-refractivity contribution in [2.45, 2.75) is 20.8 Å². The van der Waals surface area contributed by atoms with Gasteiger partial charge >= 0.3 is 5.97 Å². The maximum atomic E-state index is 12.5. The van der Waals surface area contributed by atoms with E-state index < -0.39 is 11.9 Å². The van der Waals surface area contributed by atoms with Gasteiger partial charge in [0, 0.05) is 17.3 Å². The number of amides is 1. The Hall–Kier alpha value is -4.11. The molecule has 2 aromatic carbocycles. The minimum absolute atomic E-state index is 0.107. The highest BCUT2D eigenvalue weighted by molar-refractivity contribution is 6.09. The normalized spacial score (nSPS) is 11.1. The summed E-state index contributed by atoms with van der Waals surface area (Å²) in [5.74, 6) is -0.803. The standard InChI is InChI=1S/C24H20N2O4/c1-14-5-7-19(10-16(14)3)26-23(27)18(13-25)11-20-8-9-22(30-20)17-6-4-15(2)21(12-17)24(28)29/h4-12H,1-3H3,(H,26,27)(H,28,29)/b18-11-. The fourth-order valence-corrected chi connectivity index (χ4v) is 2.90. The van der Waals surface area contributed by atoms with Crippen molar-refractivity contribution in [3.8, 4) is 17.4 Å². The van der Waals surface area contributed by atoms with Gasteiger partial charge in [-0.3, -0.25) is 4.79 Å². The van der Waals surface area contributed by atoms with E-state index in [-0.39, 0.29) is 11.1 Å². The first-order valence-corrected chi connectivity index (χ1v) is 9.23. The summed E-state index contributed by atoms with van der Waals surface area (Å²) in [4.78, 5) is 23.8. The number of hydrogen-bond acceptors (Lipinski definition) is 4. The number of carboxylic acids is 1. The molecule has 0 saturated carbocycles. The van der Waals surface area contributed by atoms with Crippen molar-refractivity contribution < 1.29 is 19.1 Å². The monoisotopic (exact) mass is 400 g/mol. The molecule has 0 bridgehead atoms. The molecule has 150 valence electrons. The van der Waals surface area contributed by atoms with Gasteiger partial charge < -0.3 is 14.8 Å². The molecule has 3 rings (SSSR count). The Bertz CT molecular complexity index is 1210. The van der Waals surface area contributed by atoms with Crippen LogP contribution in [0, 0.1) is 32.1 Å². The first kappa shape index (κ1) is 20.6. The smallest absolute Gasteiger partial charge is 0.335 e. The van der Waals surface area contributed by atoms with Crippen LogP contribution in [-0.2, 0) is 4.79 Å². The number of benzene rings is 2. The second-order valence-electron chi connectivity index (χ2n) is 6.96. The molecule has 2 N–H and O–H groups in total. The van der Waals surface area contributed by atoms with E-state index in [9.17, 15) is 20.0 Å². The zero-order chi connectivity index (χ0) is 21.8. The number of nitrogens with one attached hydrogen (secondary N) is 1. The molecule has 1 aromatic heterocycles. The second-order valence-corrected chi connectivity index (χ2v) is 6.96. The molecular weight excluding hydrogens is 380 g/mol. The Morgan fingerprint density at radius 1 is 1.00 bits per heavy atom. The minimum Gasteiger partial charge on any atom is -0.478 e. The van der Waals surface area contributed by atoms with Crippen molar-refractivity contribution in [1.29, 1.82) is 5.26 Å². The molecule has 0 atom stereocenters. The fraction of sp³-hybridized carbons (Fsp3) is 0.125. The van der Waals surface area contributed by atoms with Gasteiger partial charge in [0.1, 0.15) is 23.2 Å². The van der Waals surface area contributed by atoms with Crippen molar-refractivity contribution in [3.05, 3.63) is 82.1 Å². The SMILES string of the molecule is Cc1ccc(NC(=O)/C(C#N)=C\c2ccc(-c3ccc(C)c(C(=O)O)c3)o2)cc1C. The third kappa shape index (κ3) is 4.47. The number of hydrogen-bond donors (Lipinski definition) is 2. The molecule has 0 saturated heterocycles. The summed E-state index contributed by atoms with van der Waals surface area (Å²) in [5, 5.41) is 21.4. The highest BCUT2D eigenvalue weighted by Crippen LogP contribution is 2.26. The van der Waals surface area contributed by atoms with Gasteiger partial charge in [0.25, 0.3) is 5.91 Å². The van der Waals surface area contributed by atoms with Gasteiger partial charge in [-0.05, 0) is 67.8 Å². The van der Waals surface area contributed by atoms with Gasteiger partial charge in [-0.15, -0.1) is 0 Å². The highest BCUT2D eigenvalue weighted by atomic mass is 16.4. The lowest BCUT2D eigenvalue weighted by molar-refractivity contribution is -0.112. The summed E-state index contributed by atoms with van der Waals surface area (Å²) < 4.78 is 5.71. The Morgan fingerprint density at radius 3 is 2.40 bits per heavy atom. The van der Waals surface area contributed by atoms with Gasteiger partial charge in [-0.25, -0.2) is 4.79 Å². The van der Waals surface area contributed by atoms with Gasteiger partial charge in [0.05, 0.1) is 5.56 Å². The molecule has 0 aliphatic rings. The largest absolute Gasteiger partial charge is 0.478 e. The summed E-state index contributed by atoms with van der Waals surface area (Å²) in [5.41, 5.74) is 4.06. The van der Waals surface area contributed by atoms with E-state index in [0.29, 0.717) is 28.3 Å². The number of carbonyl (C=O) groups excluding carboxylic acids is 1. The van der Waals surface area contributed by atoms with Gasteiger partial charge in [0.2, 0.25) is 0 Å². The van der Waals surface area contributed by atoms with Crippen LogP contribution in [0.25, 0.3) is 17.4 Å². The second kappa shape index (κ2) is 8.50. The molecule has 1 heterocycles. The lowest BCUT2D eigenvalue weighted by Crippen LogP contribution is -2.13. The molecule has 0 fully saturated rings. The first-order valence-electron chi connectivity index (χ1n) is 9.23. The van der Waals surface area contributed by atoms with E-state index in [1.54, 1.807) is 37.3 Å². The Labute approximate surface area is 174 Å². The minimum atomic E-state index is -1.02. The van der Waals surface area contributed by atoms with E-state index in [0.717, 1.165) is 11.1 Å². The number of rotatable bonds is 5. The zero-order valence-electron chi connectivity index (χ0n) is 16.8. The van der Waals surface area contributed by atoms with Crippen LogP contribution in [0.2, 0.25) is 0 Å². The van der Waals surface area contributed by atoms with E-state index in [1.165, 1.54) is 12.1 Å². The summed E-state index contributed by atoms with van der Waals surface area (Å²) in [6.45, 7) is 5.64. The summed E-state index contributed by atoms with van der Waals surface area (Å²) in [6, 6.07) is 15.7. The molecule has 0 radical (unpaired) electrons. The van der Waals surface area contributed by atoms with Crippen molar-refractivity contribution >= 4 is 23.6 Å². The lowest BCUT2D eigenvalue weighted by Gasteiger charge is -2.07. The average Bonchev–Trinajstić information content (AvgIpc) is 3.17. The van der Waals surface area contributed by atoms with Gasteiger partial charge in [-0.1, -0.05) is 18.2 Å². The molecule has 0 spiro atoms. The third-order valence-electron chi connectivity index (χ3n) is 4.80. The van der Waals surface area contributed by atoms with Crippen molar-refractivity contribution in [3.63, 3.8) is 0 Å². The topological polar surface area (TPSA) is 103 Å². The molecular formula is C24H20N2O4. The van der Waals surface area contributed by atoms with Crippen LogP contribution < -0.4 is 5.32 Å². The average molecular weight is 400 g/mol. The van der Waals surface area contributed by atoms with Crippen LogP contribution in [0.4, 0.5) is 5.69 Å². The molecule has 3 aromatic rings. The van der Waals surface area contributed by atoms with Gasteiger partial charge in [-0.2, -0.15) is 5.26 Å². The molecule has 0 aliphatic carbocycles. The number of nitrogens with zero attached hydrogens (tertiary/aromatic N) is 1. The van der Waals surface area contributed by atoms with Crippen molar-refractivity contribution in [1.82, 2.24) is 0 Å². The number of anilines is 1. The number of carboxylic acid groups (broad SMARTS) is 1. The maximum absolute atomic E-state index is 12.5. The number of furan rings is 1. The van der Waals surface area contributed by atoms with Crippen LogP contribution in [0.1, 0.15) is 32.8 Å². The predicted molar refractivity (Wildman–Crippen MR) is 114 cm³/mol. The number of carbonyl (C=O) groups is 2. The van der Waals surface area contributed by atoms with Crippen LogP contribution in [0.3, 0.4) is 0 Å². The lowest BCUT2D eigenvalue weighted by atomic mass is 10.0. The van der Waals surface area contributed by atoms with Crippen LogP contribution >= 0.6 is 0 Å². The van der Waals surface area contributed by atoms with Gasteiger partial charge in [0.15, 0.2) is 0 Å². The van der Waals surface area contributed by atoms with Crippen LogP contribution in [-0.4, -0.2) is 17.0 Å². The summed E-state index contributed by atoms with van der Waals surface area (Å²) in [7, 11) is 0. The maximum Gasteiger partial charge on any atom is 0.335 e. The fourth-order valence-electron chi connectivity index (χ4n) is 2.90. The van der Waals surface area contributed by atoms with E-state index in [1.807, 2.05) is 32.0 Å². The highest BCUT2D eigenvalue weighted by Gasteiger charge is 2.14.